The molecule has 1 aromatic carbocycles. The topological polar surface area (TPSA) is 46.5 Å². The third-order valence-corrected chi connectivity index (χ3v) is 4.38. The Balaban J connectivity index is 2.34. The van der Waals surface area contributed by atoms with Crippen LogP contribution in [0.2, 0.25) is 0 Å². The van der Waals surface area contributed by atoms with Crippen LogP contribution in [-0.4, -0.2) is 11.2 Å². The van der Waals surface area contributed by atoms with Crippen molar-refractivity contribution in [2.75, 3.05) is 0 Å². The SMILES string of the molecule is CCCC[C@]12C=CC=CC1=c1ccccc1=C2C(=O)OO. The summed E-state index contributed by atoms with van der Waals surface area (Å²) in [4.78, 5) is 16.3. The molecule has 108 valence electrons. The lowest BCUT2D eigenvalue weighted by atomic mass is 9.70. The van der Waals surface area contributed by atoms with Crippen LogP contribution in [0.25, 0.3) is 11.1 Å². The van der Waals surface area contributed by atoms with E-state index < -0.39 is 11.4 Å². The van der Waals surface area contributed by atoms with E-state index >= 15 is 0 Å². The summed E-state index contributed by atoms with van der Waals surface area (Å²) >= 11 is 0. The number of fused-ring (bicyclic) bond motifs is 2. The van der Waals surface area contributed by atoms with E-state index in [2.05, 4.69) is 24.0 Å². The minimum absolute atomic E-state index is 0.478. The second-order valence-corrected chi connectivity index (χ2v) is 5.51. The Kier molecular flexibility index (Phi) is 3.52. The van der Waals surface area contributed by atoms with Crippen LogP contribution in [0.3, 0.4) is 0 Å². The number of benzene rings is 1. The predicted octanol–water partition coefficient (Wildman–Crippen LogP) is 2.32. The fraction of sp³-hybridized carbons (Fsp3) is 0.278. The zero-order chi connectivity index (χ0) is 14.9. The summed E-state index contributed by atoms with van der Waals surface area (Å²) in [6.45, 7) is 2.13. The van der Waals surface area contributed by atoms with Crippen LogP contribution in [0.5, 0.6) is 0 Å². The van der Waals surface area contributed by atoms with Crippen molar-refractivity contribution in [3.63, 3.8) is 0 Å². The fourth-order valence-electron chi connectivity index (χ4n) is 3.47. The molecular formula is C18H18O3. The minimum atomic E-state index is -0.659. The summed E-state index contributed by atoms with van der Waals surface area (Å²) in [6.07, 6.45) is 11.0. The number of hydrogen-bond donors (Lipinski definition) is 1. The van der Waals surface area contributed by atoms with E-state index in [1.807, 2.05) is 36.4 Å². The molecule has 0 unspecified atom stereocenters. The number of rotatable bonds is 4. The molecular weight excluding hydrogens is 264 g/mol. The lowest BCUT2D eigenvalue weighted by Gasteiger charge is -2.32. The van der Waals surface area contributed by atoms with Gasteiger partial charge in [0.1, 0.15) is 0 Å². The van der Waals surface area contributed by atoms with Gasteiger partial charge in [-0.2, -0.15) is 5.26 Å². The second kappa shape index (κ2) is 5.34. The Morgan fingerprint density at radius 3 is 2.71 bits per heavy atom. The number of carbonyl (C=O) groups is 1. The van der Waals surface area contributed by atoms with Crippen LogP contribution in [0.1, 0.15) is 26.2 Å². The van der Waals surface area contributed by atoms with Gasteiger partial charge in [-0.1, -0.05) is 68.3 Å². The number of unbranched alkanes of at least 4 members (excludes halogenated alkanes) is 1. The maximum Gasteiger partial charge on any atom is 0.370 e. The van der Waals surface area contributed by atoms with Gasteiger partial charge in [0.2, 0.25) is 0 Å². The van der Waals surface area contributed by atoms with Gasteiger partial charge in [0.25, 0.3) is 0 Å². The molecule has 0 aliphatic heterocycles. The Bertz CT molecular complexity index is 755. The molecule has 0 saturated carbocycles. The zero-order valence-corrected chi connectivity index (χ0v) is 12.0. The molecule has 1 aromatic rings. The lowest BCUT2D eigenvalue weighted by molar-refractivity contribution is -0.227. The molecule has 2 aliphatic rings. The van der Waals surface area contributed by atoms with Gasteiger partial charge in [0, 0.05) is 5.41 Å². The Morgan fingerprint density at radius 2 is 2.00 bits per heavy atom. The summed E-state index contributed by atoms with van der Waals surface area (Å²) in [6, 6.07) is 7.81. The number of carbonyl (C=O) groups excluding carboxylic acids is 1. The summed E-state index contributed by atoms with van der Waals surface area (Å²) in [7, 11) is 0. The number of hydrogen-bond acceptors (Lipinski definition) is 3. The van der Waals surface area contributed by atoms with Crippen LogP contribution in [0, 0.1) is 5.41 Å². The summed E-state index contributed by atoms with van der Waals surface area (Å²) in [5, 5.41) is 10.8. The molecule has 0 spiro atoms. The summed E-state index contributed by atoms with van der Waals surface area (Å²) in [5.74, 6) is -0.659. The van der Waals surface area contributed by atoms with Crippen molar-refractivity contribution in [2.45, 2.75) is 26.2 Å². The van der Waals surface area contributed by atoms with Crippen molar-refractivity contribution in [3.8, 4) is 0 Å². The van der Waals surface area contributed by atoms with Gasteiger partial charge in [-0.05, 0) is 22.4 Å². The van der Waals surface area contributed by atoms with E-state index in [-0.39, 0.29) is 0 Å². The van der Waals surface area contributed by atoms with Crippen LogP contribution in [0.15, 0.2) is 48.6 Å². The molecule has 3 rings (SSSR count). The first-order valence-electron chi connectivity index (χ1n) is 7.31. The van der Waals surface area contributed by atoms with Gasteiger partial charge in [-0.15, -0.1) is 0 Å². The largest absolute Gasteiger partial charge is 0.370 e. The van der Waals surface area contributed by atoms with Crippen molar-refractivity contribution in [3.05, 3.63) is 59.0 Å². The first-order chi connectivity index (χ1) is 10.2. The molecule has 0 heterocycles. The van der Waals surface area contributed by atoms with Crippen molar-refractivity contribution in [1.29, 1.82) is 0 Å². The highest BCUT2D eigenvalue weighted by Gasteiger charge is 2.43. The van der Waals surface area contributed by atoms with E-state index in [1.165, 1.54) is 0 Å². The molecule has 3 heteroatoms. The van der Waals surface area contributed by atoms with Crippen LogP contribution in [-0.2, 0) is 9.68 Å². The van der Waals surface area contributed by atoms with Gasteiger partial charge in [-0.25, -0.2) is 4.79 Å². The Morgan fingerprint density at radius 1 is 1.24 bits per heavy atom. The van der Waals surface area contributed by atoms with Crippen molar-refractivity contribution >= 4 is 17.1 Å². The molecule has 0 saturated heterocycles. The minimum Gasteiger partial charge on any atom is -0.296 e. The van der Waals surface area contributed by atoms with E-state index in [0.717, 1.165) is 35.3 Å². The van der Waals surface area contributed by atoms with Crippen molar-refractivity contribution in [1.82, 2.24) is 0 Å². The fourth-order valence-corrected chi connectivity index (χ4v) is 3.47. The highest BCUT2D eigenvalue weighted by Crippen LogP contribution is 2.47. The van der Waals surface area contributed by atoms with Gasteiger partial charge < -0.3 is 0 Å². The third-order valence-electron chi connectivity index (χ3n) is 4.38. The third kappa shape index (κ3) is 1.96. The maximum absolute atomic E-state index is 12.2. The van der Waals surface area contributed by atoms with Crippen LogP contribution in [0.4, 0.5) is 0 Å². The van der Waals surface area contributed by atoms with E-state index in [9.17, 15) is 4.79 Å². The molecule has 0 radical (unpaired) electrons. The zero-order valence-electron chi connectivity index (χ0n) is 12.0. The first kappa shape index (κ1) is 13.8. The molecule has 1 N–H and O–H groups in total. The molecule has 1 atom stereocenters. The molecule has 0 aromatic heterocycles. The Hall–Kier alpha value is -2.13. The second-order valence-electron chi connectivity index (χ2n) is 5.51. The highest BCUT2D eigenvalue weighted by molar-refractivity contribution is 6.17. The summed E-state index contributed by atoms with van der Waals surface area (Å²) in [5.41, 5.74) is 1.19. The molecule has 0 amide bonds. The standard InChI is InChI=1S/C18H18O3/c1-2-3-11-18-12-7-6-10-15(18)13-8-4-5-9-14(13)16(18)17(19)21-20/h4-10,12,20H,2-3,11H2,1H3/t18-/m0/s1. The van der Waals surface area contributed by atoms with E-state index in [4.69, 9.17) is 5.26 Å². The van der Waals surface area contributed by atoms with Crippen molar-refractivity contribution in [2.24, 2.45) is 5.41 Å². The molecule has 0 bridgehead atoms. The normalized spacial score (nSPS) is 22.2. The van der Waals surface area contributed by atoms with Gasteiger partial charge in [-0.3, -0.25) is 4.89 Å². The lowest BCUT2D eigenvalue weighted by Crippen LogP contribution is -2.28. The van der Waals surface area contributed by atoms with Crippen LogP contribution >= 0.6 is 0 Å². The van der Waals surface area contributed by atoms with E-state index in [0.29, 0.717) is 5.57 Å². The average Bonchev–Trinajstić information content (AvgIpc) is 2.83. The maximum atomic E-state index is 12.2. The smallest absolute Gasteiger partial charge is 0.296 e. The Labute approximate surface area is 123 Å². The molecule has 2 aliphatic carbocycles. The first-order valence-corrected chi connectivity index (χ1v) is 7.31. The molecule has 0 fully saturated rings. The predicted molar refractivity (Wildman–Crippen MR) is 81.5 cm³/mol. The average molecular weight is 282 g/mol. The molecule has 21 heavy (non-hydrogen) atoms. The van der Waals surface area contributed by atoms with Gasteiger partial charge in [0.15, 0.2) is 0 Å². The molecule has 3 nitrogen and oxygen atoms in total. The monoisotopic (exact) mass is 282 g/mol. The highest BCUT2D eigenvalue weighted by atomic mass is 17.1. The van der Waals surface area contributed by atoms with Gasteiger partial charge in [0.05, 0.1) is 5.57 Å². The quantitative estimate of drug-likeness (QED) is 0.681. The number of allylic oxidation sites excluding steroid dienone is 4. The summed E-state index contributed by atoms with van der Waals surface area (Å²) < 4.78 is 0. The van der Waals surface area contributed by atoms with Crippen LogP contribution < -0.4 is 10.4 Å². The van der Waals surface area contributed by atoms with E-state index in [1.54, 1.807) is 0 Å². The van der Waals surface area contributed by atoms with Crippen molar-refractivity contribution < 1.29 is 14.9 Å². The van der Waals surface area contributed by atoms with Gasteiger partial charge >= 0.3 is 5.97 Å².